The molecule has 1 aliphatic carbocycles. The van der Waals surface area contributed by atoms with Crippen LogP contribution in [0.25, 0.3) is 0 Å². The highest BCUT2D eigenvalue weighted by Crippen LogP contribution is 2.50. The lowest BCUT2D eigenvalue weighted by Crippen LogP contribution is -2.48. The molecule has 7 nitrogen and oxygen atoms in total. The summed E-state index contributed by atoms with van der Waals surface area (Å²) < 4.78 is 5.77. The molecule has 0 radical (unpaired) electrons. The number of hydroxylamine groups is 1. The number of nitrogens with zero attached hydrogens (tertiary/aromatic N) is 2. The third-order valence-corrected chi connectivity index (χ3v) is 5.11. The highest BCUT2D eigenvalue weighted by atomic mass is 16.5. The Kier molecular flexibility index (Phi) is 5.41. The van der Waals surface area contributed by atoms with Gasteiger partial charge in [-0.1, -0.05) is 12.1 Å². The molecule has 2 aromatic rings. The Hall–Kier alpha value is -2.93. The molecule has 1 unspecified atom stereocenters. The molecule has 1 aliphatic rings. The number of carbonyl (C=O) groups excluding carboxylic acids is 2. The van der Waals surface area contributed by atoms with E-state index in [-0.39, 0.29) is 5.91 Å². The number of carbonyl (C=O) groups is 2. The molecule has 1 atom stereocenters. The summed E-state index contributed by atoms with van der Waals surface area (Å²) in [6, 6.07) is 10.6. The van der Waals surface area contributed by atoms with Gasteiger partial charge in [0.05, 0.1) is 5.41 Å². The van der Waals surface area contributed by atoms with Gasteiger partial charge in [-0.15, -0.1) is 0 Å². The standard InChI is InChI=1S/C20H23N3O4/c1-14(18(24)22-26)23(2)19(25)20(9-10-20)16-3-5-17(6-4-16)27-13-15-7-11-21-12-8-15/h3-8,11-12,14,26H,9-10,13H2,1-2H3,(H,22,24). The number of pyridine rings is 1. The molecule has 0 spiro atoms. The van der Waals surface area contributed by atoms with Crippen molar-refractivity contribution in [3.05, 3.63) is 59.9 Å². The number of rotatable bonds is 7. The van der Waals surface area contributed by atoms with Gasteiger partial charge in [-0.05, 0) is 55.2 Å². The van der Waals surface area contributed by atoms with E-state index in [1.807, 2.05) is 36.4 Å². The minimum Gasteiger partial charge on any atom is -0.489 e. The summed E-state index contributed by atoms with van der Waals surface area (Å²) in [5.74, 6) is -0.00856. The van der Waals surface area contributed by atoms with Gasteiger partial charge in [0.25, 0.3) is 5.91 Å². The van der Waals surface area contributed by atoms with Crippen molar-refractivity contribution >= 4 is 11.8 Å². The van der Waals surface area contributed by atoms with E-state index in [1.165, 1.54) is 4.90 Å². The SMILES string of the molecule is CC(C(=O)NO)N(C)C(=O)C1(c2ccc(OCc3ccncc3)cc2)CC1. The topological polar surface area (TPSA) is 91.8 Å². The second-order valence-corrected chi connectivity index (χ2v) is 6.82. The van der Waals surface area contributed by atoms with Crippen molar-refractivity contribution in [2.24, 2.45) is 0 Å². The lowest BCUT2D eigenvalue weighted by atomic mass is 9.94. The summed E-state index contributed by atoms with van der Waals surface area (Å²) in [6.07, 6.45) is 4.92. The molecule has 7 heteroatoms. The zero-order valence-corrected chi connectivity index (χ0v) is 15.4. The maximum Gasteiger partial charge on any atom is 0.265 e. The lowest BCUT2D eigenvalue weighted by molar-refractivity contribution is -0.143. The van der Waals surface area contributed by atoms with Gasteiger partial charge in [-0.3, -0.25) is 19.8 Å². The maximum absolute atomic E-state index is 12.9. The van der Waals surface area contributed by atoms with Gasteiger partial charge in [-0.2, -0.15) is 0 Å². The molecule has 2 amide bonds. The molecule has 2 N–H and O–H groups in total. The van der Waals surface area contributed by atoms with Crippen molar-refractivity contribution in [3.63, 3.8) is 0 Å². The summed E-state index contributed by atoms with van der Waals surface area (Å²) in [7, 11) is 1.58. The minimum atomic E-state index is -0.747. The molecule has 1 aromatic carbocycles. The highest BCUT2D eigenvalue weighted by molar-refractivity contribution is 5.94. The molecule has 0 bridgehead atoms. The Morgan fingerprint density at radius 1 is 1.22 bits per heavy atom. The van der Waals surface area contributed by atoms with Gasteiger partial charge >= 0.3 is 0 Å². The molecular weight excluding hydrogens is 346 g/mol. The van der Waals surface area contributed by atoms with Crippen LogP contribution in [0.1, 0.15) is 30.9 Å². The van der Waals surface area contributed by atoms with Crippen molar-refractivity contribution in [2.75, 3.05) is 7.05 Å². The molecule has 0 saturated heterocycles. The number of benzene rings is 1. The van der Waals surface area contributed by atoms with Crippen LogP contribution < -0.4 is 10.2 Å². The van der Waals surface area contributed by atoms with Crippen molar-refractivity contribution < 1.29 is 19.5 Å². The summed E-state index contributed by atoms with van der Waals surface area (Å²) in [6.45, 7) is 2.03. The molecule has 1 aromatic heterocycles. The summed E-state index contributed by atoms with van der Waals surface area (Å²) in [5.41, 5.74) is 2.94. The van der Waals surface area contributed by atoms with E-state index in [2.05, 4.69) is 4.98 Å². The number of nitrogens with one attached hydrogen (secondary N) is 1. The second kappa shape index (κ2) is 7.75. The third kappa shape index (κ3) is 3.93. The van der Waals surface area contributed by atoms with Crippen molar-refractivity contribution in [1.82, 2.24) is 15.4 Å². The van der Waals surface area contributed by atoms with E-state index in [0.717, 1.165) is 29.7 Å². The van der Waals surface area contributed by atoms with Crippen LogP contribution in [0.3, 0.4) is 0 Å². The normalized spacial score (nSPS) is 15.5. The zero-order chi connectivity index (χ0) is 19.4. The van der Waals surface area contributed by atoms with E-state index in [9.17, 15) is 9.59 Å². The molecular formula is C20H23N3O4. The van der Waals surface area contributed by atoms with Crippen molar-refractivity contribution in [1.29, 1.82) is 0 Å². The smallest absolute Gasteiger partial charge is 0.265 e. The van der Waals surface area contributed by atoms with Gasteiger partial charge in [0.2, 0.25) is 5.91 Å². The third-order valence-electron chi connectivity index (χ3n) is 5.11. The first-order chi connectivity index (χ1) is 13.0. The first-order valence-electron chi connectivity index (χ1n) is 8.81. The van der Waals surface area contributed by atoms with Gasteiger partial charge in [0, 0.05) is 19.4 Å². The van der Waals surface area contributed by atoms with Crippen LogP contribution in [0, 0.1) is 0 Å². The van der Waals surface area contributed by atoms with Crippen LogP contribution >= 0.6 is 0 Å². The number of hydrogen-bond donors (Lipinski definition) is 2. The Labute approximate surface area is 157 Å². The molecule has 27 heavy (non-hydrogen) atoms. The molecule has 0 aliphatic heterocycles. The number of hydrogen-bond acceptors (Lipinski definition) is 5. The van der Waals surface area contributed by atoms with Crippen LogP contribution in [0.5, 0.6) is 5.75 Å². The van der Waals surface area contributed by atoms with Gasteiger partial charge in [0.15, 0.2) is 0 Å². The number of aromatic nitrogens is 1. The van der Waals surface area contributed by atoms with Crippen LogP contribution in [-0.2, 0) is 21.6 Å². The fraction of sp³-hybridized carbons (Fsp3) is 0.350. The van der Waals surface area contributed by atoms with Gasteiger partial charge < -0.3 is 9.64 Å². The maximum atomic E-state index is 12.9. The molecule has 1 saturated carbocycles. The van der Waals surface area contributed by atoms with Gasteiger partial charge in [0.1, 0.15) is 18.4 Å². The Bertz CT molecular complexity index is 804. The number of ether oxygens (including phenoxy) is 1. The molecule has 142 valence electrons. The largest absolute Gasteiger partial charge is 0.489 e. The molecule has 1 heterocycles. The van der Waals surface area contributed by atoms with E-state index in [0.29, 0.717) is 6.61 Å². The fourth-order valence-electron chi connectivity index (χ4n) is 3.05. The monoisotopic (exact) mass is 369 g/mol. The van der Waals surface area contributed by atoms with Crippen LogP contribution in [0.15, 0.2) is 48.8 Å². The molecule has 1 fully saturated rings. The van der Waals surface area contributed by atoms with E-state index in [1.54, 1.807) is 31.8 Å². The average Bonchev–Trinajstić information content (AvgIpc) is 3.53. The summed E-state index contributed by atoms with van der Waals surface area (Å²) >= 11 is 0. The molecule has 3 rings (SSSR count). The first-order valence-corrected chi connectivity index (χ1v) is 8.81. The zero-order valence-electron chi connectivity index (χ0n) is 15.4. The number of amides is 2. The van der Waals surface area contributed by atoms with Crippen molar-refractivity contribution in [3.8, 4) is 5.75 Å². The Morgan fingerprint density at radius 3 is 2.41 bits per heavy atom. The Morgan fingerprint density at radius 2 is 1.85 bits per heavy atom. The summed E-state index contributed by atoms with van der Waals surface area (Å²) in [4.78, 5) is 29.9. The number of likely N-dealkylation sites (N-methyl/N-ethyl adjacent to an activating group) is 1. The van der Waals surface area contributed by atoms with Gasteiger partial charge in [-0.25, -0.2) is 5.48 Å². The van der Waals surface area contributed by atoms with Crippen molar-refractivity contribution in [2.45, 2.75) is 37.8 Å². The predicted molar refractivity (Wildman–Crippen MR) is 98.1 cm³/mol. The highest BCUT2D eigenvalue weighted by Gasteiger charge is 2.53. The van der Waals surface area contributed by atoms with Crippen LogP contribution in [-0.4, -0.2) is 40.0 Å². The van der Waals surface area contributed by atoms with E-state index >= 15 is 0 Å². The van der Waals surface area contributed by atoms with Crippen LogP contribution in [0.2, 0.25) is 0 Å². The Balaban J connectivity index is 1.67. The lowest BCUT2D eigenvalue weighted by Gasteiger charge is -2.28. The average molecular weight is 369 g/mol. The second-order valence-electron chi connectivity index (χ2n) is 6.82. The predicted octanol–water partition coefficient (Wildman–Crippen LogP) is 2.04. The minimum absolute atomic E-state index is 0.121. The quantitative estimate of drug-likeness (QED) is 0.576. The fourth-order valence-corrected chi connectivity index (χ4v) is 3.05. The van der Waals surface area contributed by atoms with E-state index in [4.69, 9.17) is 9.94 Å². The van der Waals surface area contributed by atoms with E-state index < -0.39 is 17.4 Å². The summed E-state index contributed by atoms with van der Waals surface area (Å²) in [5, 5.41) is 8.78. The first kappa shape index (κ1) is 18.8. The van der Waals surface area contributed by atoms with Crippen LogP contribution in [0.4, 0.5) is 0 Å².